The lowest BCUT2D eigenvalue weighted by atomic mass is 9.91. The van der Waals surface area contributed by atoms with Crippen LogP contribution < -0.4 is 0 Å². The lowest BCUT2D eigenvalue weighted by Crippen LogP contribution is -1.86. The van der Waals surface area contributed by atoms with Gasteiger partial charge in [-0.25, -0.2) is 0 Å². The smallest absolute Gasteiger partial charge is 0.0345 e. The maximum atomic E-state index is 2.35. The Labute approximate surface area is 172 Å². The minimum Gasteiger partial charge on any atom is -0.141 e. The highest BCUT2D eigenvalue weighted by atomic mass is 32.1. The minimum absolute atomic E-state index is 1.32. The van der Waals surface area contributed by atoms with Crippen molar-refractivity contribution in [1.29, 1.82) is 0 Å². The van der Waals surface area contributed by atoms with Gasteiger partial charge in [-0.2, -0.15) is 0 Å². The van der Waals surface area contributed by atoms with E-state index >= 15 is 0 Å². The van der Waals surface area contributed by atoms with E-state index in [2.05, 4.69) is 86.6 Å². The van der Waals surface area contributed by atoms with Gasteiger partial charge in [0.15, 0.2) is 0 Å². The monoisotopic (exact) mass is 394 g/mol. The first-order valence-corrected chi connectivity index (χ1v) is 11.2. The Hall–Kier alpha value is -2.68. The van der Waals surface area contributed by atoms with Gasteiger partial charge in [-0.15, -0.1) is 22.7 Å². The van der Waals surface area contributed by atoms with Crippen LogP contribution in [0.2, 0.25) is 0 Å². The Morgan fingerprint density at radius 3 is 1.11 bits per heavy atom. The maximum absolute atomic E-state index is 2.35. The molecule has 0 fully saturated rings. The Bertz CT molecular complexity index is 1300. The van der Waals surface area contributed by atoms with Gasteiger partial charge in [0.2, 0.25) is 0 Å². The summed E-state index contributed by atoms with van der Waals surface area (Å²) in [6, 6.07) is 27.4. The molecule has 0 atom stereocenters. The summed E-state index contributed by atoms with van der Waals surface area (Å²) >= 11 is 3.73. The lowest BCUT2D eigenvalue weighted by Gasteiger charge is -2.13. The Morgan fingerprint density at radius 1 is 0.464 bits per heavy atom. The second kappa shape index (κ2) is 5.91. The van der Waals surface area contributed by atoms with Gasteiger partial charge in [-0.05, 0) is 106 Å². The highest BCUT2D eigenvalue weighted by Gasteiger charge is 2.13. The highest BCUT2D eigenvalue weighted by molar-refractivity contribution is 7.15. The molecule has 0 aliphatic carbocycles. The van der Waals surface area contributed by atoms with E-state index in [1.807, 2.05) is 22.7 Å². The zero-order valence-electron chi connectivity index (χ0n) is 15.7. The number of thiophene rings is 2. The Morgan fingerprint density at radius 2 is 0.821 bits per heavy atom. The normalized spacial score (nSPS) is 11.9. The fourth-order valence-electron chi connectivity index (χ4n) is 4.30. The third kappa shape index (κ3) is 2.42. The van der Waals surface area contributed by atoms with Crippen LogP contribution in [0.15, 0.2) is 72.8 Å². The molecule has 6 aromatic rings. The van der Waals surface area contributed by atoms with Crippen LogP contribution in [0.25, 0.3) is 53.2 Å². The number of hydrogen-bond donors (Lipinski definition) is 0. The summed E-state index contributed by atoms with van der Waals surface area (Å²) in [5.74, 6) is 0. The van der Waals surface area contributed by atoms with Crippen LogP contribution in [0.1, 0.15) is 9.75 Å². The van der Waals surface area contributed by atoms with Crippen LogP contribution in [0.4, 0.5) is 0 Å². The Balaban J connectivity index is 1.64. The third-order valence-electron chi connectivity index (χ3n) is 5.58. The SMILES string of the molecule is Cc1ccc(-c2cc3ccc4cc(-c5ccc(C)s5)cc5ccc(c2)c3c45)s1. The number of aryl methyl sites for hydroxylation is 2. The van der Waals surface area contributed by atoms with Crippen molar-refractivity contribution < 1.29 is 0 Å². The molecule has 0 aliphatic heterocycles. The number of rotatable bonds is 2. The topological polar surface area (TPSA) is 0 Å². The molecule has 0 saturated carbocycles. The van der Waals surface area contributed by atoms with Crippen molar-refractivity contribution in [3.05, 3.63) is 82.6 Å². The minimum atomic E-state index is 1.32. The summed E-state index contributed by atoms with van der Waals surface area (Å²) in [5.41, 5.74) is 2.64. The molecular formula is C26H18S2. The summed E-state index contributed by atoms with van der Waals surface area (Å²) in [7, 11) is 0. The molecular weight excluding hydrogens is 376 g/mol. The van der Waals surface area contributed by atoms with Crippen molar-refractivity contribution in [2.75, 3.05) is 0 Å². The van der Waals surface area contributed by atoms with Crippen molar-refractivity contribution in [3.63, 3.8) is 0 Å². The van der Waals surface area contributed by atoms with Gasteiger partial charge in [0.25, 0.3) is 0 Å². The van der Waals surface area contributed by atoms with Gasteiger partial charge in [-0.1, -0.05) is 24.3 Å². The van der Waals surface area contributed by atoms with E-state index < -0.39 is 0 Å². The fourth-order valence-corrected chi connectivity index (χ4v) is 6.01. The second-order valence-electron chi connectivity index (χ2n) is 7.55. The standard InChI is InChI=1S/C26H18S2/c1-15-3-9-23(27-15)21-11-17-5-7-19-13-22(24-10-4-16(2)28-24)14-20-8-6-18(12-21)25(17)26(19)20/h3-14H,1-2H3. The molecule has 4 aromatic carbocycles. The van der Waals surface area contributed by atoms with E-state index in [0.29, 0.717) is 0 Å². The third-order valence-corrected chi connectivity index (χ3v) is 7.68. The first kappa shape index (κ1) is 16.3. The summed E-state index contributed by atoms with van der Waals surface area (Å²) in [5, 5.41) is 8.10. The van der Waals surface area contributed by atoms with Crippen molar-refractivity contribution >= 4 is 55.0 Å². The van der Waals surface area contributed by atoms with Crippen LogP contribution in [0.3, 0.4) is 0 Å². The molecule has 0 radical (unpaired) electrons. The quantitative estimate of drug-likeness (QED) is 0.258. The molecule has 134 valence electrons. The molecule has 0 aliphatic rings. The van der Waals surface area contributed by atoms with E-state index in [0.717, 1.165) is 0 Å². The van der Waals surface area contributed by atoms with Gasteiger partial charge in [0.05, 0.1) is 0 Å². The second-order valence-corrected chi connectivity index (χ2v) is 10.1. The zero-order valence-corrected chi connectivity index (χ0v) is 17.4. The molecule has 6 rings (SSSR count). The van der Waals surface area contributed by atoms with Crippen LogP contribution in [-0.2, 0) is 0 Å². The summed E-state index contributed by atoms with van der Waals surface area (Å²) in [4.78, 5) is 5.41. The van der Waals surface area contributed by atoms with Gasteiger partial charge < -0.3 is 0 Å². The maximum Gasteiger partial charge on any atom is 0.0345 e. The molecule has 2 heterocycles. The summed E-state index contributed by atoms with van der Waals surface area (Å²) in [6.07, 6.45) is 0. The van der Waals surface area contributed by atoms with E-state index in [-0.39, 0.29) is 0 Å². The van der Waals surface area contributed by atoms with E-state index in [1.165, 1.54) is 63.0 Å². The molecule has 28 heavy (non-hydrogen) atoms. The molecule has 0 unspecified atom stereocenters. The van der Waals surface area contributed by atoms with Gasteiger partial charge >= 0.3 is 0 Å². The Kier molecular flexibility index (Phi) is 3.44. The molecule has 2 heteroatoms. The first-order chi connectivity index (χ1) is 13.7. The van der Waals surface area contributed by atoms with E-state index in [9.17, 15) is 0 Å². The molecule has 2 aromatic heterocycles. The highest BCUT2D eigenvalue weighted by Crippen LogP contribution is 2.41. The van der Waals surface area contributed by atoms with Gasteiger partial charge in [-0.3, -0.25) is 0 Å². The average molecular weight is 395 g/mol. The molecule has 0 amide bonds. The van der Waals surface area contributed by atoms with Crippen molar-refractivity contribution in [2.24, 2.45) is 0 Å². The molecule has 0 spiro atoms. The predicted octanol–water partition coefficient (Wildman–Crippen LogP) is 8.66. The predicted molar refractivity (Wildman–Crippen MR) is 126 cm³/mol. The largest absolute Gasteiger partial charge is 0.141 e. The first-order valence-electron chi connectivity index (χ1n) is 9.52. The molecule has 0 bridgehead atoms. The molecule has 0 N–H and O–H groups in total. The van der Waals surface area contributed by atoms with Gasteiger partial charge in [0, 0.05) is 19.5 Å². The van der Waals surface area contributed by atoms with Crippen LogP contribution >= 0.6 is 22.7 Å². The van der Waals surface area contributed by atoms with Crippen molar-refractivity contribution in [1.82, 2.24) is 0 Å². The van der Waals surface area contributed by atoms with E-state index in [4.69, 9.17) is 0 Å². The molecule has 0 nitrogen and oxygen atoms in total. The average Bonchev–Trinajstić information content (AvgIpc) is 3.34. The van der Waals surface area contributed by atoms with Crippen LogP contribution in [0.5, 0.6) is 0 Å². The van der Waals surface area contributed by atoms with Crippen LogP contribution in [0, 0.1) is 13.8 Å². The summed E-state index contributed by atoms with van der Waals surface area (Å²) < 4.78 is 0. The van der Waals surface area contributed by atoms with Crippen molar-refractivity contribution in [3.8, 4) is 20.9 Å². The molecule has 0 saturated heterocycles. The fraction of sp³-hybridized carbons (Fsp3) is 0.0769. The van der Waals surface area contributed by atoms with Crippen molar-refractivity contribution in [2.45, 2.75) is 13.8 Å². The number of benzene rings is 4. The van der Waals surface area contributed by atoms with Crippen LogP contribution in [-0.4, -0.2) is 0 Å². The summed E-state index contributed by atoms with van der Waals surface area (Å²) in [6.45, 7) is 4.34. The van der Waals surface area contributed by atoms with E-state index in [1.54, 1.807) is 0 Å². The van der Waals surface area contributed by atoms with Gasteiger partial charge in [0.1, 0.15) is 0 Å². The zero-order chi connectivity index (χ0) is 18.8. The number of hydrogen-bond acceptors (Lipinski definition) is 2. The lowest BCUT2D eigenvalue weighted by molar-refractivity contribution is 1.64.